The summed E-state index contributed by atoms with van der Waals surface area (Å²) in [6.07, 6.45) is 1.51. The van der Waals surface area contributed by atoms with Crippen molar-refractivity contribution in [3.8, 4) is 0 Å². The number of nitrogens with zero attached hydrogens (tertiary/aromatic N) is 2. The van der Waals surface area contributed by atoms with Crippen molar-refractivity contribution in [3.63, 3.8) is 0 Å². The van der Waals surface area contributed by atoms with Crippen molar-refractivity contribution in [1.82, 2.24) is 9.80 Å². The largest absolute Gasteiger partial charge is 0.451 e. The van der Waals surface area contributed by atoms with Crippen molar-refractivity contribution in [1.29, 1.82) is 0 Å². The van der Waals surface area contributed by atoms with Gasteiger partial charge in [-0.25, -0.2) is 0 Å². The summed E-state index contributed by atoms with van der Waals surface area (Å²) >= 11 is 0. The van der Waals surface area contributed by atoms with Gasteiger partial charge in [-0.1, -0.05) is 12.1 Å². The van der Waals surface area contributed by atoms with Crippen molar-refractivity contribution < 1.29 is 19.1 Å². The van der Waals surface area contributed by atoms with Gasteiger partial charge >= 0.3 is 0 Å². The molecule has 2 aliphatic rings. The minimum Gasteiger partial charge on any atom is -0.451 e. The van der Waals surface area contributed by atoms with E-state index in [0.717, 1.165) is 12.8 Å². The lowest BCUT2D eigenvalue weighted by atomic mass is 9.93. The number of hydrogen-bond acceptors (Lipinski definition) is 5. The molecule has 0 radical (unpaired) electrons. The predicted molar refractivity (Wildman–Crippen MR) is 98.3 cm³/mol. The molecule has 0 saturated carbocycles. The van der Waals surface area contributed by atoms with E-state index in [9.17, 15) is 19.5 Å². The maximum absolute atomic E-state index is 12.9. The van der Waals surface area contributed by atoms with Gasteiger partial charge in [-0.15, -0.1) is 0 Å². The van der Waals surface area contributed by atoms with E-state index in [0.29, 0.717) is 37.0 Å². The summed E-state index contributed by atoms with van der Waals surface area (Å²) in [4.78, 5) is 41.1. The first-order chi connectivity index (χ1) is 13.0. The average Bonchev–Trinajstić information content (AvgIpc) is 3.22. The number of amides is 2. The maximum Gasteiger partial charge on any atom is 0.289 e. The third kappa shape index (κ3) is 3.35. The van der Waals surface area contributed by atoms with Gasteiger partial charge in [0.15, 0.2) is 11.2 Å². The molecule has 2 atom stereocenters. The Morgan fingerprint density at radius 2 is 1.81 bits per heavy atom. The third-order valence-electron chi connectivity index (χ3n) is 5.44. The zero-order chi connectivity index (χ0) is 19.0. The number of fused-ring (bicyclic) bond motifs is 1. The van der Waals surface area contributed by atoms with Crippen molar-refractivity contribution in [2.45, 2.75) is 25.4 Å². The van der Waals surface area contributed by atoms with Crippen LogP contribution in [0, 0.1) is 5.92 Å². The van der Waals surface area contributed by atoms with Gasteiger partial charge in [0, 0.05) is 32.2 Å². The molecule has 2 amide bonds. The molecule has 2 fully saturated rings. The number of piperidine rings is 1. The lowest BCUT2D eigenvalue weighted by molar-refractivity contribution is -0.140. The fraction of sp³-hybridized carbons (Fsp3) is 0.450. The average molecular weight is 370 g/mol. The number of carbonyl (C=O) groups is 2. The Labute approximate surface area is 156 Å². The molecule has 1 aromatic carbocycles. The Kier molecular flexibility index (Phi) is 4.70. The molecule has 1 N–H and O–H groups in total. The van der Waals surface area contributed by atoms with E-state index >= 15 is 0 Å². The normalized spacial score (nSPS) is 23.0. The summed E-state index contributed by atoms with van der Waals surface area (Å²) in [6.45, 7) is 1.86. The van der Waals surface area contributed by atoms with Crippen LogP contribution < -0.4 is 5.43 Å². The van der Waals surface area contributed by atoms with E-state index in [1.807, 2.05) is 0 Å². The second-order valence-corrected chi connectivity index (χ2v) is 7.22. The first-order valence-electron chi connectivity index (χ1n) is 9.33. The molecule has 2 saturated heterocycles. The second kappa shape index (κ2) is 7.15. The van der Waals surface area contributed by atoms with Gasteiger partial charge in [0.25, 0.3) is 5.91 Å². The number of rotatable bonds is 2. The lowest BCUT2D eigenvalue weighted by Crippen LogP contribution is -2.52. The number of aliphatic hydroxyl groups excluding tert-OH is 1. The molecule has 2 aromatic rings. The van der Waals surface area contributed by atoms with Gasteiger partial charge < -0.3 is 19.3 Å². The lowest BCUT2D eigenvalue weighted by Gasteiger charge is -2.36. The van der Waals surface area contributed by atoms with Crippen LogP contribution in [-0.2, 0) is 4.79 Å². The van der Waals surface area contributed by atoms with Crippen LogP contribution in [0.1, 0.15) is 29.8 Å². The van der Waals surface area contributed by atoms with Gasteiger partial charge in [0.1, 0.15) is 5.58 Å². The highest BCUT2D eigenvalue weighted by molar-refractivity contribution is 5.93. The molecule has 0 aliphatic carbocycles. The minimum atomic E-state index is -0.759. The topological polar surface area (TPSA) is 91.1 Å². The van der Waals surface area contributed by atoms with E-state index in [1.165, 1.54) is 11.0 Å². The first-order valence-corrected chi connectivity index (χ1v) is 9.33. The van der Waals surface area contributed by atoms with E-state index in [2.05, 4.69) is 0 Å². The van der Waals surface area contributed by atoms with Gasteiger partial charge in [0.2, 0.25) is 5.91 Å². The molecule has 0 spiro atoms. The molecule has 3 heterocycles. The molecule has 27 heavy (non-hydrogen) atoms. The smallest absolute Gasteiger partial charge is 0.289 e. The quantitative estimate of drug-likeness (QED) is 0.859. The number of benzene rings is 1. The van der Waals surface area contributed by atoms with Gasteiger partial charge in [0.05, 0.1) is 17.4 Å². The number of hydrogen-bond donors (Lipinski definition) is 1. The summed E-state index contributed by atoms with van der Waals surface area (Å²) in [5.74, 6) is -1.20. The van der Waals surface area contributed by atoms with Crippen LogP contribution in [0.25, 0.3) is 11.0 Å². The Bertz CT molecular complexity index is 931. The zero-order valence-corrected chi connectivity index (χ0v) is 15.0. The van der Waals surface area contributed by atoms with Crippen LogP contribution in [0.5, 0.6) is 0 Å². The van der Waals surface area contributed by atoms with Crippen molar-refractivity contribution in [2.24, 2.45) is 5.92 Å². The Balaban J connectivity index is 1.56. The van der Waals surface area contributed by atoms with Crippen molar-refractivity contribution in [3.05, 3.63) is 46.3 Å². The SMILES string of the molecule is O=C(c1cc(=O)c2ccccc2o1)N1CC[C@@H](O)[C@@H](C(=O)N2CCCC2)C1. The molecule has 4 rings (SSSR count). The summed E-state index contributed by atoms with van der Waals surface area (Å²) in [7, 11) is 0. The van der Waals surface area contributed by atoms with Crippen molar-refractivity contribution >= 4 is 22.8 Å². The van der Waals surface area contributed by atoms with E-state index in [-0.39, 0.29) is 23.6 Å². The van der Waals surface area contributed by atoms with E-state index in [4.69, 9.17) is 4.42 Å². The van der Waals surface area contributed by atoms with Crippen LogP contribution in [0.3, 0.4) is 0 Å². The number of carbonyl (C=O) groups excluding carboxylic acids is 2. The molecule has 0 unspecified atom stereocenters. The molecular formula is C20H22N2O5. The van der Waals surface area contributed by atoms with E-state index < -0.39 is 17.9 Å². The predicted octanol–water partition coefficient (Wildman–Crippen LogP) is 1.24. The Morgan fingerprint density at radius 1 is 1.07 bits per heavy atom. The molecule has 0 bridgehead atoms. The second-order valence-electron chi connectivity index (χ2n) is 7.22. The van der Waals surface area contributed by atoms with Crippen LogP contribution in [0.15, 0.2) is 39.5 Å². The number of likely N-dealkylation sites (tertiary alicyclic amines) is 2. The molecule has 2 aliphatic heterocycles. The highest BCUT2D eigenvalue weighted by atomic mass is 16.3. The summed E-state index contributed by atoms with van der Waals surface area (Å²) in [5, 5.41) is 10.7. The van der Waals surface area contributed by atoms with Crippen LogP contribution in [0.2, 0.25) is 0 Å². The monoisotopic (exact) mass is 370 g/mol. The molecule has 7 nitrogen and oxygen atoms in total. The number of para-hydroxylation sites is 1. The highest BCUT2D eigenvalue weighted by Gasteiger charge is 2.38. The first kappa shape index (κ1) is 17.7. The van der Waals surface area contributed by atoms with E-state index in [1.54, 1.807) is 29.2 Å². The fourth-order valence-corrected chi connectivity index (χ4v) is 3.90. The molecule has 1 aromatic heterocycles. The summed E-state index contributed by atoms with van der Waals surface area (Å²) < 4.78 is 5.63. The van der Waals surface area contributed by atoms with Gasteiger partial charge in [-0.05, 0) is 31.4 Å². The van der Waals surface area contributed by atoms with Gasteiger partial charge in [-0.2, -0.15) is 0 Å². The minimum absolute atomic E-state index is 0.0394. The molecule has 7 heteroatoms. The molecular weight excluding hydrogens is 348 g/mol. The third-order valence-corrected chi connectivity index (χ3v) is 5.44. The Hall–Kier alpha value is -2.67. The zero-order valence-electron chi connectivity index (χ0n) is 15.0. The van der Waals surface area contributed by atoms with Gasteiger partial charge in [-0.3, -0.25) is 14.4 Å². The van der Waals surface area contributed by atoms with Crippen molar-refractivity contribution in [2.75, 3.05) is 26.2 Å². The maximum atomic E-state index is 12.9. The summed E-state index contributed by atoms with van der Waals surface area (Å²) in [6, 6.07) is 7.97. The standard InChI is InChI=1S/C20H22N2O5/c23-15-7-10-22(12-14(15)19(25)21-8-3-4-9-21)20(26)18-11-16(24)13-5-1-2-6-17(13)27-18/h1-2,5-6,11,14-15,23H,3-4,7-10,12H2/t14-,15+/m0/s1. The van der Waals surface area contributed by atoms with Crippen LogP contribution in [0.4, 0.5) is 0 Å². The fourth-order valence-electron chi connectivity index (χ4n) is 3.90. The van der Waals surface area contributed by atoms with Crippen LogP contribution >= 0.6 is 0 Å². The molecule has 142 valence electrons. The summed E-state index contributed by atoms with van der Waals surface area (Å²) in [5.41, 5.74) is 0.0806. The highest BCUT2D eigenvalue weighted by Crippen LogP contribution is 2.23. The Morgan fingerprint density at radius 3 is 2.59 bits per heavy atom. The van der Waals surface area contributed by atoms with Crippen LogP contribution in [-0.4, -0.2) is 59.0 Å². The number of aliphatic hydroxyl groups is 1.